The molecule has 1 fully saturated rings. The standard InChI is InChI=1S/C17H16N2O3/c1-11-12-6-2-3-7-14(12)22-16(11)15(20)13(10-18)17(21)19-8-4-5-9-19/h2-3,6-7,13H,4-5,8-9H2,1H3. The van der Waals surface area contributed by atoms with E-state index in [9.17, 15) is 14.9 Å². The van der Waals surface area contributed by atoms with Crippen molar-refractivity contribution >= 4 is 22.7 Å². The minimum atomic E-state index is -1.32. The van der Waals surface area contributed by atoms with Gasteiger partial charge < -0.3 is 9.32 Å². The predicted octanol–water partition coefficient (Wildman–Crippen LogP) is 2.69. The molecule has 0 bridgehead atoms. The average molecular weight is 296 g/mol. The molecule has 5 heteroatoms. The Hall–Kier alpha value is -2.61. The Bertz CT molecular complexity index is 779. The van der Waals surface area contributed by atoms with E-state index in [1.54, 1.807) is 17.9 Å². The summed E-state index contributed by atoms with van der Waals surface area (Å²) in [7, 11) is 0. The maximum absolute atomic E-state index is 12.6. The normalized spacial score (nSPS) is 15.7. The highest BCUT2D eigenvalue weighted by Crippen LogP contribution is 2.27. The first kappa shape index (κ1) is 14.3. The molecule has 1 aliphatic rings. The maximum atomic E-state index is 12.6. The molecule has 22 heavy (non-hydrogen) atoms. The third-order valence-corrected chi connectivity index (χ3v) is 4.12. The van der Waals surface area contributed by atoms with Gasteiger partial charge in [-0.1, -0.05) is 18.2 Å². The second kappa shape index (κ2) is 5.64. The van der Waals surface area contributed by atoms with Gasteiger partial charge in [0.15, 0.2) is 11.7 Å². The van der Waals surface area contributed by atoms with Crippen molar-refractivity contribution in [2.24, 2.45) is 5.92 Å². The number of para-hydroxylation sites is 1. The van der Waals surface area contributed by atoms with Gasteiger partial charge in [-0.3, -0.25) is 9.59 Å². The van der Waals surface area contributed by atoms with E-state index >= 15 is 0 Å². The summed E-state index contributed by atoms with van der Waals surface area (Å²) < 4.78 is 5.58. The molecule has 5 nitrogen and oxygen atoms in total. The molecule has 1 aliphatic heterocycles. The van der Waals surface area contributed by atoms with Gasteiger partial charge in [0.1, 0.15) is 5.58 Å². The first-order valence-corrected chi connectivity index (χ1v) is 7.34. The van der Waals surface area contributed by atoms with E-state index in [0.29, 0.717) is 24.2 Å². The molecule has 1 amide bonds. The molecule has 1 saturated heterocycles. The van der Waals surface area contributed by atoms with E-state index in [1.165, 1.54) is 0 Å². The number of rotatable bonds is 3. The monoisotopic (exact) mass is 296 g/mol. The SMILES string of the molecule is Cc1c(C(=O)C(C#N)C(=O)N2CCCC2)oc2ccccc12. The van der Waals surface area contributed by atoms with Crippen LogP contribution >= 0.6 is 0 Å². The number of nitrogens with zero attached hydrogens (tertiary/aromatic N) is 2. The van der Waals surface area contributed by atoms with Crippen molar-refractivity contribution in [2.75, 3.05) is 13.1 Å². The van der Waals surface area contributed by atoms with Crippen molar-refractivity contribution in [3.05, 3.63) is 35.6 Å². The molecule has 3 rings (SSSR count). The molecule has 0 N–H and O–H groups in total. The zero-order valence-electron chi connectivity index (χ0n) is 12.3. The lowest BCUT2D eigenvalue weighted by Crippen LogP contribution is -2.37. The summed E-state index contributed by atoms with van der Waals surface area (Å²) in [5.41, 5.74) is 1.27. The summed E-state index contributed by atoms with van der Waals surface area (Å²) >= 11 is 0. The Morgan fingerprint density at radius 3 is 2.59 bits per heavy atom. The quantitative estimate of drug-likeness (QED) is 0.644. The number of aryl methyl sites for hydroxylation is 1. The summed E-state index contributed by atoms with van der Waals surface area (Å²) in [6, 6.07) is 9.14. The lowest BCUT2D eigenvalue weighted by molar-refractivity contribution is -0.131. The van der Waals surface area contributed by atoms with Gasteiger partial charge in [0.05, 0.1) is 6.07 Å². The van der Waals surface area contributed by atoms with Gasteiger partial charge in [-0.25, -0.2) is 0 Å². The van der Waals surface area contributed by atoms with Crippen LogP contribution in [0.25, 0.3) is 11.0 Å². The number of fused-ring (bicyclic) bond motifs is 1. The largest absolute Gasteiger partial charge is 0.453 e. The average Bonchev–Trinajstić information content (AvgIpc) is 3.16. The molecular weight excluding hydrogens is 280 g/mol. The molecule has 1 atom stereocenters. The topological polar surface area (TPSA) is 74.3 Å². The molecule has 1 aromatic heterocycles. The van der Waals surface area contributed by atoms with Gasteiger partial charge >= 0.3 is 0 Å². The minimum absolute atomic E-state index is 0.111. The van der Waals surface area contributed by atoms with Gasteiger partial charge in [0, 0.05) is 24.0 Å². The number of ketones is 1. The molecule has 2 aromatic rings. The van der Waals surface area contributed by atoms with E-state index in [2.05, 4.69) is 0 Å². The number of hydrogen-bond donors (Lipinski definition) is 0. The van der Waals surface area contributed by atoms with Gasteiger partial charge in [-0.2, -0.15) is 5.26 Å². The third-order valence-electron chi connectivity index (χ3n) is 4.12. The van der Waals surface area contributed by atoms with E-state index < -0.39 is 17.6 Å². The summed E-state index contributed by atoms with van der Waals surface area (Å²) in [5.74, 6) is -2.17. The maximum Gasteiger partial charge on any atom is 0.248 e. The highest BCUT2D eigenvalue weighted by Gasteiger charge is 2.35. The van der Waals surface area contributed by atoms with Crippen molar-refractivity contribution in [2.45, 2.75) is 19.8 Å². The van der Waals surface area contributed by atoms with Crippen molar-refractivity contribution < 1.29 is 14.0 Å². The fourth-order valence-electron chi connectivity index (χ4n) is 2.89. The fraction of sp³-hybridized carbons (Fsp3) is 0.353. The fourth-order valence-corrected chi connectivity index (χ4v) is 2.89. The smallest absolute Gasteiger partial charge is 0.248 e. The number of likely N-dealkylation sites (tertiary alicyclic amines) is 1. The van der Waals surface area contributed by atoms with Crippen LogP contribution in [0.5, 0.6) is 0 Å². The lowest BCUT2D eigenvalue weighted by Gasteiger charge is -2.17. The van der Waals surface area contributed by atoms with Crippen molar-refractivity contribution in [3.8, 4) is 6.07 Å². The van der Waals surface area contributed by atoms with E-state index in [0.717, 1.165) is 18.2 Å². The van der Waals surface area contributed by atoms with Crippen LogP contribution in [0.4, 0.5) is 0 Å². The zero-order chi connectivity index (χ0) is 15.7. The summed E-state index contributed by atoms with van der Waals surface area (Å²) in [6.07, 6.45) is 1.84. The first-order valence-electron chi connectivity index (χ1n) is 7.34. The molecular formula is C17H16N2O3. The van der Waals surface area contributed by atoms with Gasteiger partial charge in [0.25, 0.3) is 0 Å². The molecule has 0 aliphatic carbocycles. The number of carbonyl (C=O) groups excluding carboxylic acids is 2. The highest BCUT2D eigenvalue weighted by molar-refractivity contribution is 6.13. The predicted molar refractivity (Wildman–Crippen MR) is 80.2 cm³/mol. The molecule has 2 heterocycles. The Labute approximate surface area is 128 Å². The summed E-state index contributed by atoms with van der Waals surface area (Å²) in [6.45, 7) is 3.00. The number of carbonyl (C=O) groups is 2. The first-order chi connectivity index (χ1) is 10.6. The second-order valence-electron chi connectivity index (χ2n) is 5.51. The van der Waals surface area contributed by atoms with Crippen LogP contribution in [0, 0.1) is 24.2 Å². The van der Waals surface area contributed by atoms with Crippen molar-refractivity contribution in [1.29, 1.82) is 5.26 Å². The molecule has 0 saturated carbocycles. The zero-order valence-corrected chi connectivity index (χ0v) is 12.3. The molecule has 112 valence electrons. The number of furan rings is 1. The summed E-state index contributed by atoms with van der Waals surface area (Å²) in [5, 5.41) is 10.1. The number of benzene rings is 1. The van der Waals surface area contributed by atoms with Gasteiger partial charge in [-0.05, 0) is 25.8 Å². The number of nitriles is 1. The Morgan fingerprint density at radius 2 is 1.95 bits per heavy atom. The van der Waals surface area contributed by atoms with Crippen LogP contribution in [0.3, 0.4) is 0 Å². The van der Waals surface area contributed by atoms with E-state index in [1.807, 2.05) is 24.3 Å². The van der Waals surface area contributed by atoms with E-state index in [-0.39, 0.29) is 5.76 Å². The van der Waals surface area contributed by atoms with Crippen molar-refractivity contribution in [1.82, 2.24) is 4.90 Å². The van der Waals surface area contributed by atoms with Crippen LogP contribution in [0.1, 0.15) is 29.0 Å². The lowest BCUT2D eigenvalue weighted by atomic mass is 9.99. The minimum Gasteiger partial charge on any atom is -0.453 e. The summed E-state index contributed by atoms with van der Waals surface area (Å²) in [4.78, 5) is 26.5. The van der Waals surface area contributed by atoms with Crippen molar-refractivity contribution in [3.63, 3.8) is 0 Å². The van der Waals surface area contributed by atoms with E-state index in [4.69, 9.17) is 4.42 Å². The van der Waals surface area contributed by atoms with Gasteiger partial charge in [0.2, 0.25) is 11.7 Å². The van der Waals surface area contributed by atoms with Crippen LogP contribution in [-0.4, -0.2) is 29.7 Å². The van der Waals surface area contributed by atoms with Crippen LogP contribution < -0.4 is 0 Å². The molecule has 1 aromatic carbocycles. The van der Waals surface area contributed by atoms with Crippen LogP contribution in [0.15, 0.2) is 28.7 Å². The molecule has 0 radical (unpaired) electrons. The Morgan fingerprint density at radius 1 is 1.27 bits per heavy atom. The highest BCUT2D eigenvalue weighted by atomic mass is 16.3. The second-order valence-corrected chi connectivity index (χ2v) is 5.51. The third kappa shape index (κ3) is 2.27. The van der Waals surface area contributed by atoms with Crippen LogP contribution in [0.2, 0.25) is 0 Å². The molecule has 0 spiro atoms. The number of amides is 1. The number of Topliss-reactive ketones (excluding diaryl/α,β-unsaturated/α-hetero) is 1. The molecule has 1 unspecified atom stereocenters. The Kier molecular flexibility index (Phi) is 3.68. The number of hydrogen-bond acceptors (Lipinski definition) is 4. The Balaban J connectivity index is 1.95. The van der Waals surface area contributed by atoms with Gasteiger partial charge in [-0.15, -0.1) is 0 Å². The van der Waals surface area contributed by atoms with Crippen LogP contribution in [-0.2, 0) is 4.79 Å².